The average Bonchev–Trinajstić information content (AvgIpc) is 3.10. The molecule has 5 heteroatoms. The maximum Gasteiger partial charge on any atom is 0.226 e. The molecule has 3 rings (SSSR count). The van der Waals surface area contributed by atoms with Crippen LogP contribution in [0.15, 0.2) is 64.2 Å². The lowest BCUT2D eigenvalue weighted by atomic mass is 10.0. The van der Waals surface area contributed by atoms with Crippen molar-refractivity contribution < 1.29 is 4.42 Å². The highest BCUT2D eigenvalue weighted by Crippen LogP contribution is 2.20. The number of aliphatic imine (C=N–C) groups is 1. The van der Waals surface area contributed by atoms with Crippen LogP contribution in [0.25, 0.3) is 11.5 Å². The normalized spacial score (nSPS) is 11.8. The summed E-state index contributed by atoms with van der Waals surface area (Å²) in [6.45, 7) is 6.73. The van der Waals surface area contributed by atoms with Gasteiger partial charge in [-0.2, -0.15) is 0 Å². The average molecular weight is 348 g/mol. The Balaban J connectivity index is 1.64. The van der Waals surface area contributed by atoms with E-state index in [1.54, 1.807) is 6.26 Å². The molecule has 0 amide bonds. The lowest BCUT2D eigenvalue weighted by Gasteiger charge is -2.09. The molecule has 0 aliphatic rings. The van der Waals surface area contributed by atoms with E-state index in [-0.39, 0.29) is 0 Å². The van der Waals surface area contributed by atoms with Gasteiger partial charge in [-0.05, 0) is 42.7 Å². The Bertz CT molecular complexity index is 894. The third-order valence-electron chi connectivity index (χ3n) is 4.09. The van der Waals surface area contributed by atoms with Gasteiger partial charge in [0, 0.05) is 11.3 Å². The highest BCUT2D eigenvalue weighted by molar-refractivity contribution is 5.92. The number of aromatic nitrogens is 1. The Kier molecular flexibility index (Phi) is 5.37. The predicted octanol–water partition coefficient (Wildman–Crippen LogP) is 4.70. The Labute approximate surface area is 154 Å². The zero-order valence-corrected chi connectivity index (χ0v) is 15.4. The van der Waals surface area contributed by atoms with Crippen LogP contribution in [0.4, 0.5) is 5.69 Å². The molecule has 1 heterocycles. The fourth-order valence-corrected chi connectivity index (χ4v) is 2.54. The van der Waals surface area contributed by atoms with Crippen LogP contribution in [0.3, 0.4) is 0 Å². The van der Waals surface area contributed by atoms with Crippen LogP contribution in [0.5, 0.6) is 0 Å². The van der Waals surface area contributed by atoms with Gasteiger partial charge in [-0.3, -0.25) is 0 Å². The summed E-state index contributed by atoms with van der Waals surface area (Å²) < 4.78 is 5.54. The lowest BCUT2D eigenvalue weighted by molar-refractivity contribution is 0.572. The van der Waals surface area contributed by atoms with E-state index in [4.69, 9.17) is 10.2 Å². The van der Waals surface area contributed by atoms with Crippen LogP contribution in [-0.4, -0.2) is 10.9 Å². The number of hydrogen-bond donors (Lipinski definition) is 2. The van der Waals surface area contributed by atoms with E-state index in [1.807, 2.05) is 43.3 Å². The quantitative estimate of drug-likeness (QED) is 0.517. The summed E-state index contributed by atoms with van der Waals surface area (Å²) in [6, 6.07) is 16.2. The van der Waals surface area contributed by atoms with E-state index in [1.165, 1.54) is 11.1 Å². The van der Waals surface area contributed by atoms with Gasteiger partial charge < -0.3 is 15.5 Å². The Morgan fingerprint density at radius 3 is 2.69 bits per heavy atom. The summed E-state index contributed by atoms with van der Waals surface area (Å²) in [5, 5.41) is 3.12. The zero-order valence-electron chi connectivity index (χ0n) is 15.4. The first-order chi connectivity index (χ1) is 12.5. The Morgan fingerprint density at radius 2 is 1.96 bits per heavy atom. The number of aryl methyl sites for hydroxylation is 1. The third kappa shape index (κ3) is 4.51. The van der Waals surface area contributed by atoms with Crippen LogP contribution >= 0.6 is 0 Å². The Hall–Kier alpha value is -3.08. The topological polar surface area (TPSA) is 76.4 Å². The monoisotopic (exact) mass is 348 g/mol. The lowest BCUT2D eigenvalue weighted by Crippen LogP contribution is -2.22. The second kappa shape index (κ2) is 7.87. The van der Waals surface area contributed by atoms with Crippen LogP contribution < -0.4 is 11.1 Å². The van der Waals surface area contributed by atoms with Crippen molar-refractivity contribution in [2.24, 2.45) is 10.7 Å². The minimum Gasteiger partial charge on any atom is -0.444 e. The minimum absolute atomic E-state index is 0.353. The molecule has 0 fully saturated rings. The minimum atomic E-state index is 0.353. The molecule has 26 heavy (non-hydrogen) atoms. The molecule has 3 aromatic rings. The van der Waals surface area contributed by atoms with Crippen molar-refractivity contribution in [1.82, 2.24) is 4.98 Å². The van der Waals surface area contributed by atoms with Gasteiger partial charge >= 0.3 is 0 Å². The van der Waals surface area contributed by atoms with Crippen molar-refractivity contribution >= 4 is 11.6 Å². The van der Waals surface area contributed by atoms with E-state index in [2.05, 4.69) is 41.3 Å². The number of nitrogens with one attached hydrogen (secondary N) is 1. The number of nitrogens with two attached hydrogens (primary N) is 1. The highest BCUT2D eigenvalue weighted by Gasteiger charge is 2.06. The van der Waals surface area contributed by atoms with Crippen molar-refractivity contribution in [2.75, 3.05) is 5.32 Å². The van der Waals surface area contributed by atoms with E-state index in [0.29, 0.717) is 24.3 Å². The van der Waals surface area contributed by atoms with Crippen LogP contribution in [0, 0.1) is 6.92 Å². The molecule has 0 unspecified atom stereocenters. The molecular weight excluding hydrogens is 324 g/mol. The Morgan fingerprint density at radius 1 is 1.19 bits per heavy atom. The van der Waals surface area contributed by atoms with Gasteiger partial charge in [0.15, 0.2) is 5.96 Å². The van der Waals surface area contributed by atoms with Gasteiger partial charge in [-0.15, -0.1) is 0 Å². The zero-order chi connectivity index (χ0) is 18.5. The standard InChI is InChI=1S/C21H24N4O/c1-14(2)17-5-4-6-18(11-17)25-21(22)23-12-19-13-26-20(24-19)16-9-7-15(3)8-10-16/h4-11,13-14H,12H2,1-3H3,(H3,22,23,25). The highest BCUT2D eigenvalue weighted by atomic mass is 16.3. The van der Waals surface area contributed by atoms with Crippen molar-refractivity contribution in [3.8, 4) is 11.5 Å². The van der Waals surface area contributed by atoms with Crippen LogP contribution in [0.2, 0.25) is 0 Å². The second-order valence-corrected chi connectivity index (χ2v) is 6.62. The van der Waals surface area contributed by atoms with Crippen molar-refractivity contribution in [3.05, 3.63) is 71.6 Å². The molecule has 0 aliphatic carbocycles. The summed E-state index contributed by atoms with van der Waals surface area (Å²) in [4.78, 5) is 8.82. The first-order valence-electron chi connectivity index (χ1n) is 8.69. The fraction of sp³-hybridized carbons (Fsp3) is 0.238. The van der Waals surface area contributed by atoms with Gasteiger partial charge in [0.1, 0.15) is 12.0 Å². The summed E-state index contributed by atoms with van der Waals surface area (Å²) >= 11 is 0. The number of hydrogen-bond acceptors (Lipinski definition) is 3. The van der Waals surface area contributed by atoms with Gasteiger partial charge in [-0.25, -0.2) is 9.98 Å². The molecule has 0 bridgehead atoms. The molecule has 1 aromatic heterocycles. The summed E-state index contributed by atoms with van der Waals surface area (Å²) in [7, 11) is 0. The van der Waals surface area contributed by atoms with Gasteiger partial charge in [0.25, 0.3) is 0 Å². The molecule has 0 saturated carbocycles. The molecule has 5 nitrogen and oxygen atoms in total. The van der Waals surface area contributed by atoms with Gasteiger partial charge in [0.2, 0.25) is 5.89 Å². The molecular formula is C21H24N4O. The smallest absolute Gasteiger partial charge is 0.226 e. The first kappa shape index (κ1) is 17.7. The molecule has 134 valence electrons. The molecule has 0 aliphatic heterocycles. The van der Waals surface area contributed by atoms with Crippen molar-refractivity contribution in [2.45, 2.75) is 33.2 Å². The van der Waals surface area contributed by atoms with Gasteiger partial charge in [0.05, 0.1) is 6.54 Å². The SMILES string of the molecule is Cc1ccc(-c2nc(CN=C(N)Nc3cccc(C(C)C)c3)co2)cc1. The molecule has 0 atom stereocenters. The first-order valence-corrected chi connectivity index (χ1v) is 8.69. The van der Waals surface area contributed by atoms with Crippen LogP contribution in [0.1, 0.15) is 36.6 Å². The number of anilines is 1. The fourth-order valence-electron chi connectivity index (χ4n) is 2.54. The number of oxazole rings is 1. The van der Waals surface area contributed by atoms with E-state index >= 15 is 0 Å². The number of guanidine groups is 1. The van der Waals surface area contributed by atoms with Crippen LogP contribution in [-0.2, 0) is 6.54 Å². The number of benzene rings is 2. The molecule has 2 aromatic carbocycles. The second-order valence-electron chi connectivity index (χ2n) is 6.62. The predicted molar refractivity (Wildman–Crippen MR) is 106 cm³/mol. The summed E-state index contributed by atoms with van der Waals surface area (Å²) in [6.07, 6.45) is 1.62. The third-order valence-corrected chi connectivity index (χ3v) is 4.09. The van der Waals surface area contributed by atoms with E-state index in [0.717, 1.165) is 16.9 Å². The van der Waals surface area contributed by atoms with Crippen molar-refractivity contribution in [3.63, 3.8) is 0 Å². The molecule has 0 radical (unpaired) electrons. The number of nitrogens with zero attached hydrogens (tertiary/aromatic N) is 2. The van der Waals surface area contributed by atoms with Crippen molar-refractivity contribution in [1.29, 1.82) is 0 Å². The molecule has 3 N–H and O–H groups in total. The van der Waals surface area contributed by atoms with Gasteiger partial charge in [-0.1, -0.05) is 43.7 Å². The largest absolute Gasteiger partial charge is 0.444 e. The maximum atomic E-state index is 5.99. The number of rotatable bonds is 5. The van der Waals surface area contributed by atoms with E-state index in [9.17, 15) is 0 Å². The summed E-state index contributed by atoms with van der Waals surface area (Å²) in [5.74, 6) is 1.40. The maximum absolute atomic E-state index is 5.99. The molecule has 0 spiro atoms. The van der Waals surface area contributed by atoms with E-state index < -0.39 is 0 Å². The molecule has 0 saturated heterocycles. The summed E-state index contributed by atoms with van der Waals surface area (Å²) in [5.41, 5.74) is 11.1.